The second-order valence-electron chi connectivity index (χ2n) is 5.17. The Morgan fingerprint density at radius 1 is 1.47 bits per heavy atom. The highest BCUT2D eigenvalue weighted by Crippen LogP contribution is 2.11. The van der Waals surface area contributed by atoms with Gasteiger partial charge in [-0.25, -0.2) is 4.39 Å². The van der Waals surface area contributed by atoms with Gasteiger partial charge < -0.3 is 10.6 Å². The molecule has 2 N–H and O–H groups in total. The molecule has 1 unspecified atom stereocenters. The molecule has 1 heterocycles. The van der Waals surface area contributed by atoms with Crippen LogP contribution in [0.25, 0.3) is 0 Å². The maximum Gasteiger partial charge on any atom is 0.221 e. The maximum atomic E-state index is 13.0. The number of carbonyl (C=O) groups is 1. The first-order valence-corrected chi connectivity index (χ1v) is 6.90. The summed E-state index contributed by atoms with van der Waals surface area (Å²) in [5.41, 5.74) is 2.15. The van der Waals surface area contributed by atoms with Gasteiger partial charge in [0.15, 0.2) is 0 Å². The number of halogens is 1. The Balaban J connectivity index is 1.80. The topological polar surface area (TPSA) is 41.1 Å². The molecule has 1 aromatic carbocycles. The summed E-state index contributed by atoms with van der Waals surface area (Å²) in [6.07, 6.45) is 3.48. The minimum Gasteiger partial charge on any atom is -0.356 e. The molecular weight excluding hydrogens is 243 g/mol. The van der Waals surface area contributed by atoms with Crippen LogP contribution in [-0.2, 0) is 11.2 Å². The standard InChI is InChI=1S/C15H21FN2O/c1-11-9-13(16)5-4-12(11)6-8-17-14-3-2-7-18-15(19)10-14/h4-5,9,14,17H,2-3,6-8,10H2,1H3,(H,18,19). The van der Waals surface area contributed by atoms with E-state index in [1.807, 2.05) is 13.0 Å². The van der Waals surface area contributed by atoms with E-state index in [4.69, 9.17) is 0 Å². The SMILES string of the molecule is Cc1cc(F)ccc1CCNC1CCCNC(=O)C1. The highest BCUT2D eigenvalue weighted by Gasteiger charge is 2.16. The molecule has 1 aliphatic rings. The van der Waals surface area contributed by atoms with Crippen molar-refractivity contribution in [3.8, 4) is 0 Å². The van der Waals surface area contributed by atoms with Crippen molar-refractivity contribution in [3.63, 3.8) is 0 Å². The first kappa shape index (κ1) is 14.0. The first-order valence-electron chi connectivity index (χ1n) is 6.90. The van der Waals surface area contributed by atoms with Gasteiger partial charge in [0.2, 0.25) is 5.91 Å². The van der Waals surface area contributed by atoms with E-state index < -0.39 is 0 Å². The van der Waals surface area contributed by atoms with Crippen LogP contribution in [0, 0.1) is 12.7 Å². The van der Waals surface area contributed by atoms with Gasteiger partial charge in [0.05, 0.1) is 0 Å². The summed E-state index contributed by atoms with van der Waals surface area (Å²) < 4.78 is 13.0. The molecule has 1 fully saturated rings. The highest BCUT2D eigenvalue weighted by atomic mass is 19.1. The predicted octanol–water partition coefficient (Wildman–Crippen LogP) is 1.93. The second kappa shape index (κ2) is 6.66. The average Bonchev–Trinajstić information content (AvgIpc) is 2.56. The molecule has 0 aromatic heterocycles. The Bertz CT molecular complexity index is 448. The number of nitrogens with one attached hydrogen (secondary N) is 2. The molecule has 1 atom stereocenters. The lowest BCUT2D eigenvalue weighted by molar-refractivity contribution is -0.121. The number of benzene rings is 1. The van der Waals surface area contributed by atoms with Crippen LogP contribution in [0.4, 0.5) is 4.39 Å². The largest absolute Gasteiger partial charge is 0.356 e. The lowest BCUT2D eigenvalue weighted by Crippen LogP contribution is -2.33. The van der Waals surface area contributed by atoms with Gasteiger partial charge in [-0.2, -0.15) is 0 Å². The number of rotatable bonds is 4. The third-order valence-electron chi connectivity index (χ3n) is 3.62. The fraction of sp³-hybridized carbons (Fsp3) is 0.533. The van der Waals surface area contributed by atoms with Crippen molar-refractivity contribution in [2.75, 3.05) is 13.1 Å². The van der Waals surface area contributed by atoms with Crippen LogP contribution in [-0.4, -0.2) is 25.0 Å². The summed E-state index contributed by atoms with van der Waals surface area (Å²) in [7, 11) is 0. The molecule has 1 aliphatic heterocycles. The molecule has 0 spiro atoms. The first-order chi connectivity index (χ1) is 9.15. The van der Waals surface area contributed by atoms with Crippen molar-refractivity contribution in [1.29, 1.82) is 0 Å². The molecule has 0 saturated carbocycles. The van der Waals surface area contributed by atoms with Crippen molar-refractivity contribution in [1.82, 2.24) is 10.6 Å². The minimum atomic E-state index is -0.186. The Kier molecular flexibility index (Phi) is 4.91. The van der Waals surface area contributed by atoms with Gasteiger partial charge in [-0.15, -0.1) is 0 Å². The Morgan fingerprint density at radius 2 is 2.32 bits per heavy atom. The fourth-order valence-electron chi connectivity index (χ4n) is 2.50. The highest BCUT2D eigenvalue weighted by molar-refractivity contribution is 5.76. The van der Waals surface area contributed by atoms with Crippen molar-refractivity contribution in [2.24, 2.45) is 0 Å². The van der Waals surface area contributed by atoms with Crippen LogP contribution in [0.2, 0.25) is 0 Å². The number of hydrogen-bond acceptors (Lipinski definition) is 2. The molecule has 1 saturated heterocycles. The normalized spacial score (nSPS) is 19.9. The summed E-state index contributed by atoms with van der Waals surface area (Å²) in [5.74, 6) is -0.0531. The number of amides is 1. The van der Waals surface area contributed by atoms with E-state index >= 15 is 0 Å². The van der Waals surface area contributed by atoms with E-state index in [1.165, 1.54) is 6.07 Å². The summed E-state index contributed by atoms with van der Waals surface area (Å²) in [4.78, 5) is 11.4. The van der Waals surface area contributed by atoms with E-state index in [-0.39, 0.29) is 17.8 Å². The van der Waals surface area contributed by atoms with E-state index in [0.29, 0.717) is 6.42 Å². The van der Waals surface area contributed by atoms with Gasteiger partial charge in [-0.1, -0.05) is 6.07 Å². The van der Waals surface area contributed by atoms with Crippen LogP contribution >= 0.6 is 0 Å². The number of carbonyl (C=O) groups excluding carboxylic acids is 1. The zero-order valence-electron chi connectivity index (χ0n) is 11.3. The van der Waals surface area contributed by atoms with E-state index in [9.17, 15) is 9.18 Å². The monoisotopic (exact) mass is 264 g/mol. The molecule has 1 aromatic rings. The summed E-state index contributed by atoms with van der Waals surface area (Å²) in [6.45, 7) is 3.54. The third-order valence-corrected chi connectivity index (χ3v) is 3.62. The van der Waals surface area contributed by atoms with Gasteiger partial charge in [0.25, 0.3) is 0 Å². The lowest BCUT2D eigenvalue weighted by Gasteiger charge is -2.15. The van der Waals surface area contributed by atoms with E-state index in [2.05, 4.69) is 10.6 Å². The average molecular weight is 264 g/mol. The molecule has 4 heteroatoms. The minimum absolute atomic E-state index is 0.132. The zero-order valence-corrected chi connectivity index (χ0v) is 11.3. The Labute approximate surface area is 113 Å². The molecule has 3 nitrogen and oxygen atoms in total. The van der Waals surface area contributed by atoms with Gasteiger partial charge in [0, 0.05) is 19.0 Å². The Hall–Kier alpha value is -1.42. The van der Waals surface area contributed by atoms with Crippen LogP contribution in [0.3, 0.4) is 0 Å². The summed E-state index contributed by atoms with van der Waals surface area (Å²) >= 11 is 0. The van der Waals surface area contributed by atoms with Crippen molar-refractivity contribution < 1.29 is 9.18 Å². The van der Waals surface area contributed by atoms with Gasteiger partial charge in [-0.05, 0) is 56.0 Å². The van der Waals surface area contributed by atoms with Crippen molar-refractivity contribution in [2.45, 2.75) is 38.6 Å². The number of aryl methyl sites for hydroxylation is 1. The lowest BCUT2D eigenvalue weighted by atomic mass is 10.0. The molecule has 2 rings (SSSR count). The molecule has 1 amide bonds. The molecular formula is C15H21FN2O. The van der Waals surface area contributed by atoms with Gasteiger partial charge in [0.1, 0.15) is 5.82 Å². The fourth-order valence-corrected chi connectivity index (χ4v) is 2.50. The Morgan fingerprint density at radius 3 is 3.11 bits per heavy atom. The van der Waals surface area contributed by atoms with Crippen molar-refractivity contribution >= 4 is 5.91 Å². The summed E-state index contributed by atoms with van der Waals surface area (Å²) in [5, 5.41) is 6.31. The smallest absolute Gasteiger partial charge is 0.221 e. The van der Waals surface area contributed by atoms with E-state index in [0.717, 1.165) is 43.5 Å². The second-order valence-corrected chi connectivity index (χ2v) is 5.17. The van der Waals surface area contributed by atoms with Crippen LogP contribution in [0.15, 0.2) is 18.2 Å². The van der Waals surface area contributed by atoms with E-state index in [1.54, 1.807) is 6.07 Å². The number of hydrogen-bond donors (Lipinski definition) is 2. The van der Waals surface area contributed by atoms with Gasteiger partial charge >= 0.3 is 0 Å². The van der Waals surface area contributed by atoms with Gasteiger partial charge in [-0.3, -0.25) is 4.79 Å². The maximum absolute atomic E-state index is 13.0. The van der Waals surface area contributed by atoms with Crippen LogP contribution < -0.4 is 10.6 Å². The molecule has 0 aliphatic carbocycles. The molecule has 0 bridgehead atoms. The van der Waals surface area contributed by atoms with Crippen molar-refractivity contribution in [3.05, 3.63) is 35.1 Å². The third kappa shape index (κ3) is 4.31. The summed E-state index contributed by atoms with van der Waals surface area (Å²) in [6, 6.07) is 5.17. The van der Waals surface area contributed by atoms with Crippen LogP contribution in [0.1, 0.15) is 30.4 Å². The molecule has 19 heavy (non-hydrogen) atoms. The van der Waals surface area contributed by atoms with Crippen LogP contribution in [0.5, 0.6) is 0 Å². The molecule has 104 valence electrons. The molecule has 0 radical (unpaired) electrons. The quantitative estimate of drug-likeness (QED) is 0.872. The predicted molar refractivity (Wildman–Crippen MR) is 73.5 cm³/mol. The zero-order chi connectivity index (χ0) is 13.7.